The Labute approximate surface area is 205 Å². The van der Waals surface area contributed by atoms with Crippen molar-refractivity contribution in [1.82, 2.24) is 5.32 Å². The number of nitrogens with one attached hydrogen (secondary N) is 2. The van der Waals surface area contributed by atoms with Crippen LogP contribution >= 0.6 is 0 Å². The molecule has 0 bridgehead atoms. The maximum Gasteiger partial charge on any atom is 0.262 e. The third-order valence-electron chi connectivity index (χ3n) is 5.22. The number of para-hydroxylation sites is 1. The summed E-state index contributed by atoms with van der Waals surface area (Å²) < 4.78 is 11.1. The first-order chi connectivity index (χ1) is 16.9. The van der Waals surface area contributed by atoms with Crippen LogP contribution in [-0.2, 0) is 9.59 Å². The molecule has 3 aromatic carbocycles. The highest BCUT2D eigenvalue weighted by molar-refractivity contribution is 6.02. The Hall–Kier alpha value is -4.57. The zero-order valence-electron chi connectivity index (χ0n) is 19.9. The van der Waals surface area contributed by atoms with Crippen LogP contribution in [0, 0.1) is 18.3 Å². The first-order valence-corrected chi connectivity index (χ1v) is 11.0. The minimum absolute atomic E-state index is 0.102. The van der Waals surface area contributed by atoms with E-state index in [9.17, 15) is 14.9 Å². The molecule has 2 N–H and O–H groups in total. The van der Waals surface area contributed by atoms with Crippen LogP contribution in [0.25, 0.3) is 6.08 Å². The van der Waals surface area contributed by atoms with Crippen LogP contribution in [0.15, 0.2) is 78.4 Å². The molecule has 3 rings (SSSR count). The van der Waals surface area contributed by atoms with Gasteiger partial charge in [0.15, 0.2) is 18.1 Å². The van der Waals surface area contributed by atoms with E-state index in [1.54, 1.807) is 30.3 Å². The standard InChI is InChI=1S/C28H27N3O4/c1-19-12-14-24(15-13-19)31-26(32)18-35-27-22(10-7-11-25(27)34-3)16-23(17-29)28(33)30-20(2)21-8-5-4-6-9-21/h4-16,20H,18H2,1-3H3,(H,30,33)(H,31,32)/b23-16-/t20-/m0/s1. The molecular weight excluding hydrogens is 442 g/mol. The molecular formula is C28H27N3O4. The average molecular weight is 470 g/mol. The Kier molecular flexibility index (Phi) is 8.63. The molecule has 178 valence electrons. The van der Waals surface area contributed by atoms with Gasteiger partial charge in [0.25, 0.3) is 11.8 Å². The van der Waals surface area contributed by atoms with E-state index in [4.69, 9.17) is 9.47 Å². The third kappa shape index (κ3) is 6.95. The van der Waals surface area contributed by atoms with E-state index >= 15 is 0 Å². The fourth-order valence-electron chi connectivity index (χ4n) is 3.34. The minimum Gasteiger partial charge on any atom is -0.493 e. The summed E-state index contributed by atoms with van der Waals surface area (Å²) in [7, 11) is 1.47. The van der Waals surface area contributed by atoms with Gasteiger partial charge in [-0.2, -0.15) is 5.26 Å². The quantitative estimate of drug-likeness (QED) is 0.346. The lowest BCUT2D eigenvalue weighted by molar-refractivity contribution is -0.118. The van der Waals surface area contributed by atoms with Gasteiger partial charge in [0.05, 0.1) is 13.2 Å². The number of hydrogen-bond donors (Lipinski definition) is 2. The predicted molar refractivity (Wildman–Crippen MR) is 135 cm³/mol. The number of nitriles is 1. The first-order valence-electron chi connectivity index (χ1n) is 11.0. The number of hydrogen-bond acceptors (Lipinski definition) is 5. The number of carbonyl (C=O) groups excluding carboxylic acids is 2. The van der Waals surface area contributed by atoms with E-state index in [0.29, 0.717) is 17.0 Å². The molecule has 7 heteroatoms. The summed E-state index contributed by atoms with van der Waals surface area (Å²) in [6.45, 7) is 3.52. The van der Waals surface area contributed by atoms with Crippen molar-refractivity contribution in [2.24, 2.45) is 0 Å². The second-order valence-corrected chi connectivity index (χ2v) is 7.86. The molecule has 0 radical (unpaired) electrons. The summed E-state index contributed by atoms with van der Waals surface area (Å²) in [5, 5.41) is 15.2. The summed E-state index contributed by atoms with van der Waals surface area (Å²) in [5.74, 6) is -0.248. The molecule has 0 spiro atoms. The van der Waals surface area contributed by atoms with Crippen molar-refractivity contribution >= 4 is 23.6 Å². The number of aryl methyl sites for hydroxylation is 1. The number of carbonyl (C=O) groups is 2. The Morgan fingerprint density at radius 2 is 1.74 bits per heavy atom. The Morgan fingerprint density at radius 1 is 1.03 bits per heavy atom. The average Bonchev–Trinajstić information content (AvgIpc) is 2.87. The lowest BCUT2D eigenvalue weighted by Crippen LogP contribution is -2.27. The molecule has 0 saturated carbocycles. The van der Waals surface area contributed by atoms with Gasteiger partial charge in [-0.3, -0.25) is 9.59 Å². The second kappa shape index (κ2) is 12.1. The molecule has 35 heavy (non-hydrogen) atoms. The third-order valence-corrected chi connectivity index (χ3v) is 5.22. The molecule has 0 heterocycles. The van der Waals surface area contributed by atoms with Gasteiger partial charge >= 0.3 is 0 Å². The van der Waals surface area contributed by atoms with Crippen LogP contribution in [0.3, 0.4) is 0 Å². The van der Waals surface area contributed by atoms with E-state index in [1.807, 2.05) is 62.4 Å². The smallest absolute Gasteiger partial charge is 0.262 e. The largest absolute Gasteiger partial charge is 0.493 e. The van der Waals surface area contributed by atoms with E-state index in [2.05, 4.69) is 10.6 Å². The monoisotopic (exact) mass is 469 g/mol. The lowest BCUT2D eigenvalue weighted by atomic mass is 10.1. The van der Waals surface area contributed by atoms with Crippen LogP contribution in [0.4, 0.5) is 5.69 Å². The number of rotatable bonds is 9. The van der Waals surface area contributed by atoms with E-state index in [1.165, 1.54) is 13.2 Å². The number of anilines is 1. The Bertz CT molecular complexity index is 1250. The maximum atomic E-state index is 12.8. The van der Waals surface area contributed by atoms with Gasteiger partial charge in [-0.05, 0) is 43.7 Å². The van der Waals surface area contributed by atoms with Gasteiger partial charge in [-0.25, -0.2) is 0 Å². The van der Waals surface area contributed by atoms with Crippen molar-refractivity contribution < 1.29 is 19.1 Å². The molecule has 0 aromatic heterocycles. The Balaban J connectivity index is 1.76. The number of nitrogens with zero attached hydrogens (tertiary/aromatic N) is 1. The van der Waals surface area contributed by atoms with Crippen molar-refractivity contribution in [3.8, 4) is 17.6 Å². The van der Waals surface area contributed by atoms with Gasteiger partial charge in [-0.1, -0.05) is 60.2 Å². The molecule has 0 aliphatic heterocycles. The van der Waals surface area contributed by atoms with Crippen LogP contribution in [0.2, 0.25) is 0 Å². The highest BCUT2D eigenvalue weighted by atomic mass is 16.5. The number of amides is 2. The fourth-order valence-corrected chi connectivity index (χ4v) is 3.34. The van der Waals surface area contributed by atoms with Crippen LogP contribution in [0.1, 0.15) is 29.7 Å². The normalized spacial score (nSPS) is 11.7. The zero-order valence-corrected chi connectivity index (χ0v) is 19.9. The molecule has 7 nitrogen and oxygen atoms in total. The molecule has 0 unspecified atom stereocenters. The summed E-state index contributed by atoms with van der Waals surface area (Å²) in [4.78, 5) is 25.2. The van der Waals surface area contributed by atoms with E-state index < -0.39 is 5.91 Å². The summed E-state index contributed by atoms with van der Waals surface area (Å²) in [6, 6.07) is 23.6. The molecule has 2 amide bonds. The van der Waals surface area contributed by atoms with E-state index in [-0.39, 0.29) is 29.9 Å². The SMILES string of the molecule is COc1cccc(/C=C(/C#N)C(=O)N[C@@H](C)c2ccccc2)c1OCC(=O)Nc1ccc(C)cc1. The maximum absolute atomic E-state index is 12.8. The van der Waals surface area contributed by atoms with Gasteiger partial charge in [-0.15, -0.1) is 0 Å². The fraction of sp³-hybridized carbons (Fsp3) is 0.179. The van der Waals surface area contributed by atoms with Crippen molar-refractivity contribution in [1.29, 1.82) is 5.26 Å². The second-order valence-electron chi connectivity index (χ2n) is 7.86. The van der Waals surface area contributed by atoms with Crippen molar-refractivity contribution in [2.75, 3.05) is 19.0 Å². The van der Waals surface area contributed by atoms with Gasteiger partial charge < -0.3 is 20.1 Å². The summed E-state index contributed by atoms with van der Waals surface area (Å²) in [6.07, 6.45) is 1.42. The lowest BCUT2D eigenvalue weighted by Gasteiger charge is -2.15. The highest BCUT2D eigenvalue weighted by Gasteiger charge is 2.17. The van der Waals surface area contributed by atoms with Crippen molar-refractivity contribution in [2.45, 2.75) is 19.9 Å². The first kappa shape index (κ1) is 25.1. The van der Waals surface area contributed by atoms with Gasteiger partial charge in [0, 0.05) is 11.3 Å². The van der Waals surface area contributed by atoms with Crippen molar-refractivity contribution in [3.05, 3.63) is 95.1 Å². The van der Waals surface area contributed by atoms with Crippen molar-refractivity contribution in [3.63, 3.8) is 0 Å². The zero-order chi connectivity index (χ0) is 25.2. The van der Waals surface area contributed by atoms with Crippen LogP contribution < -0.4 is 20.1 Å². The summed E-state index contributed by atoms with van der Waals surface area (Å²) in [5.41, 5.74) is 2.99. The highest BCUT2D eigenvalue weighted by Crippen LogP contribution is 2.32. The molecule has 0 aliphatic carbocycles. The number of benzene rings is 3. The molecule has 3 aromatic rings. The molecule has 1 atom stereocenters. The predicted octanol–water partition coefficient (Wildman–Crippen LogP) is 4.81. The molecule has 0 saturated heterocycles. The topological polar surface area (TPSA) is 100 Å². The van der Waals surface area contributed by atoms with Crippen LogP contribution in [-0.4, -0.2) is 25.5 Å². The van der Waals surface area contributed by atoms with E-state index in [0.717, 1.165) is 11.1 Å². The number of methoxy groups -OCH3 is 1. The molecule has 0 fully saturated rings. The Morgan fingerprint density at radius 3 is 2.40 bits per heavy atom. The molecule has 0 aliphatic rings. The number of ether oxygens (including phenoxy) is 2. The van der Waals surface area contributed by atoms with Crippen LogP contribution in [0.5, 0.6) is 11.5 Å². The minimum atomic E-state index is -0.519. The van der Waals surface area contributed by atoms with Gasteiger partial charge in [0.2, 0.25) is 0 Å². The van der Waals surface area contributed by atoms with Gasteiger partial charge in [0.1, 0.15) is 11.6 Å². The summed E-state index contributed by atoms with van der Waals surface area (Å²) >= 11 is 0.